The zero-order valence-electron chi connectivity index (χ0n) is 11.5. The van der Waals surface area contributed by atoms with E-state index in [1.807, 2.05) is 13.0 Å². The highest BCUT2D eigenvalue weighted by molar-refractivity contribution is 5.88. The van der Waals surface area contributed by atoms with Gasteiger partial charge in [0.15, 0.2) is 0 Å². The van der Waals surface area contributed by atoms with Crippen molar-refractivity contribution >= 4 is 16.7 Å². The van der Waals surface area contributed by atoms with Gasteiger partial charge in [-0.05, 0) is 13.0 Å². The molecule has 0 bridgehead atoms. The normalized spacial score (nSPS) is 12.3. The number of aromatic nitrogens is 2. The maximum atomic E-state index is 11.9. The summed E-state index contributed by atoms with van der Waals surface area (Å²) in [5.41, 5.74) is 0.305. The van der Waals surface area contributed by atoms with Crippen molar-refractivity contribution in [2.45, 2.75) is 19.4 Å². The van der Waals surface area contributed by atoms with Gasteiger partial charge in [-0.2, -0.15) is 5.10 Å². The Labute approximate surface area is 116 Å². The van der Waals surface area contributed by atoms with Crippen molar-refractivity contribution in [1.82, 2.24) is 15.5 Å². The minimum atomic E-state index is -0.252. The quantitative estimate of drug-likeness (QED) is 0.837. The number of nitrogens with one attached hydrogen (secondary N) is 2. The first-order valence-electron chi connectivity index (χ1n) is 6.36. The maximum absolute atomic E-state index is 11.9. The Balaban J connectivity index is 2.20. The second kappa shape index (κ2) is 6.29. The van der Waals surface area contributed by atoms with Crippen LogP contribution >= 0.6 is 0 Å². The van der Waals surface area contributed by atoms with E-state index in [-0.39, 0.29) is 23.9 Å². The molecule has 1 aromatic carbocycles. The van der Waals surface area contributed by atoms with Gasteiger partial charge in [-0.25, -0.2) is 5.10 Å². The van der Waals surface area contributed by atoms with E-state index in [2.05, 4.69) is 15.5 Å². The number of hydrogen-bond acceptors (Lipinski definition) is 4. The Bertz CT molecular complexity index is 666. The fourth-order valence-corrected chi connectivity index (χ4v) is 2.08. The monoisotopic (exact) mass is 275 g/mol. The van der Waals surface area contributed by atoms with Crippen molar-refractivity contribution in [3.8, 4) is 0 Å². The number of H-pyrrole nitrogens is 1. The summed E-state index contributed by atoms with van der Waals surface area (Å²) in [7, 11) is 1.58. The zero-order chi connectivity index (χ0) is 14.5. The molecule has 1 amide bonds. The maximum Gasteiger partial charge on any atom is 0.272 e. The standard InChI is InChI=1S/C14H17N3O3/c1-9(8-20-2)15-13(18)7-12-10-5-3-4-6-11(10)14(19)17-16-12/h3-6,9H,7-8H2,1-2H3,(H,15,18)(H,17,19)/t9-/m0/s1. The number of aromatic amines is 1. The molecule has 0 aliphatic rings. The number of carbonyl (C=O) groups excluding carboxylic acids is 1. The van der Waals surface area contributed by atoms with Crippen LogP contribution in [0.5, 0.6) is 0 Å². The van der Waals surface area contributed by atoms with Crippen LogP contribution in [0.15, 0.2) is 29.1 Å². The molecule has 0 saturated heterocycles. The highest BCUT2D eigenvalue weighted by Gasteiger charge is 2.12. The van der Waals surface area contributed by atoms with Crippen molar-refractivity contribution in [3.05, 3.63) is 40.3 Å². The minimum Gasteiger partial charge on any atom is -0.383 e. The van der Waals surface area contributed by atoms with Gasteiger partial charge >= 0.3 is 0 Å². The van der Waals surface area contributed by atoms with Crippen LogP contribution in [0.3, 0.4) is 0 Å². The molecule has 0 saturated carbocycles. The third-order valence-corrected chi connectivity index (χ3v) is 2.93. The molecule has 0 fully saturated rings. The van der Waals surface area contributed by atoms with Crippen molar-refractivity contribution in [2.75, 3.05) is 13.7 Å². The summed E-state index contributed by atoms with van der Waals surface area (Å²) in [6.45, 7) is 2.31. The second-order valence-corrected chi connectivity index (χ2v) is 4.65. The summed E-state index contributed by atoms with van der Waals surface area (Å²) in [6.07, 6.45) is 0.116. The summed E-state index contributed by atoms with van der Waals surface area (Å²) >= 11 is 0. The van der Waals surface area contributed by atoms with Crippen molar-refractivity contribution in [3.63, 3.8) is 0 Å². The summed E-state index contributed by atoms with van der Waals surface area (Å²) in [5, 5.41) is 10.4. The first-order chi connectivity index (χ1) is 9.61. The van der Waals surface area contributed by atoms with Crippen LogP contribution in [0.1, 0.15) is 12.6 Å². The van der Waals surface area contributed by atoms with E-state index in [1.165, 1.54) is 0 Å². The molecule has 0 aliphatic heterocycles. The molecule has 0 spiro atoms. The summed E-state index contributed by atoms with van der Waals surface area (Å²) in [6, 6.07) is 7.03. The van der Waals surface area contributed by atoms with E-state index < -0.39 is 0 Å². The van der Waals surface area contributed by atoms with Crippen molar-refractivity contribution < 1.29 is 9.53 Å². The number of hydrogen-bond donors (Lipinski definition) is 2. The lowest BCUT2D eigenvalue weighted by atomic mass is 10.1. The number of fused-ring (bicyclic) bond motifs is 1. The Morgan fingerprint density at radius 3 is 2.80 bits per heavy atom. The lowest BCUT2D eigenvalue weighted by Gasteiger charge is -2.12. The van der Waals surface area contributed by atoms with Gasteiger partial charge in [0.25, 0.3) is 5.56 Å². The highest BCUT2D eigenvalue weighted by atomic mass is 16.5. The van der Waals surface area contributed by atoms with Crippen LogP contribution in [0.4, 0.5) is 0 Å². The zero-order valence-corrected chi connectivity index (χ0v) is 11.5. The van der Waals surface area contributed by atoms with Gasteiger partial charge in [0.1, 0.15) is 0 Å². The smallest absolute Gasteiger partial charge is 0.272 e. The molecule has 106 valence electrons. The van der Waals surface area contributed by atoms with E-state index in [4.69, 9.17) is 4.74 Å². The SMILES string of the molecule is COC[C@H](C)NC(=O)Cc1n[nH]c(=O)c2ccccc12. The van der Waals surface area contributed by atoms with Crippen LogP contribution in [0.25, 0.3) is 10.8 Å². The molecule has 1 atom stereocenters. The molecule has 0 aliphatic carbocycles. The Kier molecular flexibility index (Phi) is 4.47. The van der Waals surface area contributed by atoms with Crippen LogP contribution < -0.4 is 10.9 Å². The fourth-order valence-electron chi connectivity index (χ4n) is 2.08. The van der Waals surface area contributed by atoms with Crippen LogP contribution in [0, 0.1) is 0 Å². The molecule has 20 heavy (non-hydrogen) atoms. The third kappa shape index (κ3) is 3.21. The van der Waals surface area contributed by atoms with Crippen molar-refractivity contribution in [2.24, 2.45) is 0 Å². The summed E-state index contributed by atoms with van der Waals surface area (Å²) in [5.74, 6) is -0.153. The lowest BCUT2D eigenvalue weighted by Crippen LogP contribution is -2.36. The molecular weight excluding hydrogens is 258 g/mol. The number of benzene rings is 1. The van der Waals surface area contributed by atoms with E-state index in [1.54, 1.807) is 25.3 Å². The molecule has 2 rings (SSSR count). The molecule has 6 nitrogen and oxygen atoms in total. The predicted molar refractivity (Wildman–Crippen MR) is 75.5 cm³/mol. The van der Waals surface area contributed by atoms with Crippen LogP contribution in [-0.4, -0.2) is 35.9 Å². The van der Waals surface area contributed by atoms with Crippen molar-refractivity contribution in [1.29, 1.82) is 0 Å². The molecule has 2 aromatic rings. The third-order valence-electron chi connectivity index (χ3n) is 2.93. The number of ether oxygens (including phenoxy) is 1. The largest absolute Gasteiger partial charge is 0.383 e. The molecule has 0 unspecified atom stereocenters. The van der Waals surface area contributed by atoms with E-state index >= 15 is 0 Å². The number of carbonyl (C=O) groups is 1. The number of methoxy groups -OCH3 is 1. The highest BCUT2D eigenvalue weighted by Crippen LogP contribution is 2.12. The van der Waals surface area contributed by atoms with Gasteiger partial charge in [-0.15, -0.1) is 0 Å². The van der Waals surface area contributed by atoms with E-state index in [9.17, 15) is 9.59 Å². The van der Waals surface area contributed by atoms with Gasteiger partial charge in [-0.1, -0.05) is 18.2 Å². The van der Waals surface area contributed by atoms with Gasteiger partial charge in [0.2, 0.25) is 5.91 Å². The first-order valence-corrected chi connectivity index (χ1v) is 6.36. The number of nitrogens with zero attached hydrogens (tertiary/aromatic N) is 1. The van der Waals surface area contributed by atoms with Crippen LogP contribution in [0.2, 0.25) is 0 Å². The lowest BCUT2D eigenvalue weighted by molar-refractivity contribution is -0.121. The topological polar surface area (TPSA) is 84.1 Å². The minimum absolute atomic E-state index is 0.0680. The van der Waals surface area contributed by atoms with Gasteiger partial charge < -0.3 is 10.1 Å². The Morgan fingerprint density at radius 2 is 2.10 bits per heavy atom. The number of amides is 1. The van der Waals surface area contributed by atoms with E-state index in [0.717, 1.165) is 0 Å². The first kappa shape index (κ1) is 14.2. The fraction of sp³-hybridized carbons (Fsp3) is 0.357. The van der Waals surface area contributed by atoms with Crippen LogP contribution in [-0.2, 0) is 16.0 Å². The van der Waals surface area contributed by atoms with Gasteiger partial charge in [0, 0.05) is 18.5 Å². The Morgan fingerprint density at radius 1 is 1.40 bits per heavy atom. The predicted octanol–water partition coefficient (Wildman–Crippen LogP) is 0.617. The molecule has 0 radical (unpaired) electrons. The second-order valence-electron chi connectivity index (χ2n) is 4.65. The van der Waals surface area contributed by atoms with E-state index in [0.29, 0.717) is 23.1 Å². The Hall–Kier alpha value is -2.21. The summed E-state index contributed by atoms with van der Waals surface area (Å²) < 4.78 is 4.96. The summed E-state index contributed by atoms with van der Waals surface area (Å²) in [4.78, 5) is 23.6. The molecule has 1 aromatic heterocycles. The number of rotatable bonds is 5. The molecular formula is C14H17N3O3. The average Bonchev–Trinajstić information content (AvgIpc) is 2.42. The molecule has 2 N–H and O–H groups in total. The average molecular weight is 275 g/mol. The molecule has 6 heteroatoms. The van der Waals surface area contributed by atoms with Gasteiger partial charge in [0.05, 0.1) is 24.1 Å². The van der Waals surface area contributed by atoms with Gasteiger partial charge in [-0.3, -0.25) is 9.59 Å². The molecule has 1 heterocycles.